The van der Waals surface area contributed by atoms with Crippen molar-refractivity contribution < 1.29 is 13.9 Å². The standard InChI is InChI=1S/C31H32FN5O3/c1-3-6-28-26(17-22-10-9-21(18-27(22)32)25-8-5-4-7-23(25)19-33)29(38)36(30-34-20(2)35-37(28)30)24-11-13-31(14-12-24)39-15-16-40-31/h4-5,7-10,18,24H,3,6,11-17H2,1-2H3. The number of aryl methyl sites for hydroxylation is 2. The first-order valence-corrected chi connectivity index (χ1v) is 14.0. The molecule has 2 aromatic heterocycles. The molecule has 6 rings (SSSR count). The van der Waals surface area contributed by atoms with Crippen LogP contribution in [0.5, 0.6) is 0 Å². The van der Waals surface area contributed by atoms with Gasteiger partial charge in [0.25, 0.3) is 5.56 Å². The summed E-state index contributed by atoms with van der Waals surface area (Å²) in [6.45, 7) is 5.07. The van der Waals surface area contributed by atoms with Crippen molar-refractivity contribution >= 4 is 5.78 Å². The van der Waals surface area contributed by atoms with E-state index in [9.17, 15) is 10.1 Å². The van der Waals surface area contributed by atoms with Gasteiger partial charge in [-0.05, 0) is 55.0 Å². The summed E-state index contributed by atoms with van der Waals surface area (Å²) in [5.74, 6) is 0.167. The van der Waals surface area contributed by atoms with Crippen molar-refractivity contribution in [2.24, 2.45) is 0 Å². The second-order valence-electron chi connectivity index (χ2n) is 10.7. The fourth-order valence-electron chi connectivity index (χ4n) is 6.20. The summed E-state index contributed by atoms with van der Waals surface area (Å²) >= 11 is 0. The van der Waals surface area contributed by atoms with Gasteiger partial charge in [0.05, 0.1) is 30.5 Å². The van der Waals surface area contributed by atoms with Crippen LogP contribution in [0.25, 0.3) is 16.9 Å². The predicted molar refractivity (Wildman–Crippen MR) is 147 cm³/mol. The number of hydrogen-bond acceptors (Lipinski definition) is 6. The van der Waals surface area contributed by atoms with Crippen molar-refractivity contribution in [3.63, 3.8) is 0 Å². The van der Waals surface area contributed by atoms with Crippen LogP contribution in [0.2, 0.25) is 0 Å². The maximum absolute atomic E-state index is 15.6. The maximum atomic E-state index is 15.6. The van der Waals surface area contributed by atoms with E-state index in [2.05, 4.69) is 23.1 Å². The third-order valence-corrected chi connectivity index (χ3v) is 8.15. The summed E-state index contributed by atoms with van der Waals surface area (Å²) in [7, 11) is 0. The fraction of sp³-hybridized carbons (Fsp3) is 0.419. The molecule has 1 aliphatic heterocycles. The summed E-state index contributed by atoms with van der Waals surface area (Å²) in [5.41, 5.74) is 3.37. The van der Waals surface area contributed by atoms with E-state index < -0.39 is 11.6 Å². The number of fused-ring (bicyclic) bond motifs is 1. The molecule has 2 aromatic carbocycles. The third-order valence-electron chi connectivity index (χ3n) is 8.15. The number of hydrogen-bond donors (Lipinski definition) is 0. The van der Waals surface area contributed by atoms with E-state index in [1.807, 2.05) is 25.1 Å². The van der Waals surface area contributed by atoms with Crippen LogP contribution in [0.3, 0.4) is 0 Å². The van der Waals surface area contributed by atoms with Crippen LogP contribution in [-0.2, 0) is 22.3 Å². The van der Waals surface area contributed by atoms with Gasteiger partial charge in [0.2, 0.25) is 5.78 Å². The van der Waals surface area contributed by atoms with Crippen molar-refractivity contribution in [3.05, 3.63) is 86.8 Å². The zero-order valence-electron chi connectivity index (χ0n) is 22.8. The molecule has 1 aliphatic carbocycles. The number of nitrogens with zero attached hydrogens (tertiary/aromatic N) is 5. The maximum Gasteiger partial charge on any atom is 0.259 e. The van der Waals surface area contributed by atoms with Gasteiger partial charge in [-0.25, -0.2) is 8.91 Å². The van der Waals surface area contributed by atoms with E-state index in [0.29, 0.717) is 71.9 Å². The molecular weight excluding hydrogens is 509 g/mol. The second kappa shape index (κ2) is 10.6. The normalized spacial score (nSPS) is 17.1. The molecule has 3 heterocycles. The van der Waals surface area contributed by atoms with E-state index in [1.165, 1.54) is 6.07 Å². The van der Waals surface area contributed by atoms with Crippen molar-refractivity contribution in [1.82, 2.24) is 19.2 Å². The molecule has 0 unspecified atom stereocenters. The van der Waals surface area contributed by atoms with E-state index in [1.54, 1.807) is 27.3 Å². The Morgan fingerprint density at radius 3 is 2.60 bits per heavy atom. The molecule has 9 heteroatoms. The zero-order chi connectivity index (χ0) is 27.9. The Morgan fingerprint density at radius 2 is 1.90 bits per heavy atom. The van der Waals surface area contributed by atoms with E-state index >= 15 is 4.39 Å². The van der Waals surface area contributed by atoms with Gasteiger partial charge < -0.3 is 9.47 Å². The van der Waals surface area contributed by atoms with Crippen LogP contribution in [0, 0.1) is 24.1 Å². The Hall–Kier alpha value is -3.87. The van der Waals surface area contributed by atoms with E-state index in [4.69, 9.17) is 9.47 Å². The van der Waals surface area contributed by atoms with E-state index in [-0.39, 0.29) is 18.0 Å². The summed E-state index contributed by atoms with van der Waals surface area (Å²) in [6, 6.07) is 14.2. The molecule has 0 N–H and O–H groups in total. The van der Waals surface area contributed by atoms with Crippen LogP contribution in [0.1, 0.15) is 73.3 Å². The molecule has 4 aromatic rings. The monoisotopic (exact) mass is 541 g/mol. The highest BCUT2D eigenvalue weighted by Crippen LogP contribution is 2.40. The van der Waals surface area contributed by atoms with Gasteiger partial charge in [0, 0.05) is 30.9 Å². The lowest BCUT2D eigenvalue weighted by Gasteiger charge is -2.36. The minimum Gasteiger partial charge on any atom is -0.348 e. The lowest BCUT2D eigenvalue weighted by Crippen LogP contribution is -2.39. The molecular formula is C31H32FN5O3. The van der Waals surface area contributed by atoms with Gasteiger partial charge in [-0.2, -0.15) is 15.3 Å². The number of aromatic nitrogens is 4. The number of benzene rings is 2. The van der Waals surface area contributed by atoms with Gasteiger partial charge in [-0.15, -0.1) is 0 Å². The van der Waals surface area contributed by atoms with Gasteiger partial charge in [0.15, 0.2) is 5.79 Å². The molecule has 0 bridgehead atoms. The van der Waals surface area contributed by atoms with Crippen LogP contribution in [0.4, 0.5) is 4.39 Å². The second-order valence-corrected chi connectivity index (χ2v) is 10.7. The van der Waals surface area contributed by atoms with Gasteiger partial charge in [0.1, 0.15) is 11.6 Å². The highest BCUT2D eigenvalue weighted by molar-refractivity contribution is 5.70. The fourth-order valence-corrected chi connectivity index (χ4v) is 6.20. The quantitative estimate of drug-likeness (QED) is 0.330. The minimum absolute atomic E-state index is 0.0823. The molecule has 1 spiro atoms. The summed E-state index contributed by atoms with van der Waals surface area (Å²) in [5, 5.41) is 14.2. The van der Waals surface area contributed by atoms with Crippen LogP contribution >= 0.6 is 0 Å². The van der Waals surface area contributed by atoms with Gasteiger partial charge >= 0.3 is 0 Å². The van der Waals surface area contributed by atoms with Crippen LogP contribution < -0.4 is 5.56 Å². The largest absolute Gasteiger partial charge is 0.348 e. The lowest BCUT2D eigenvalue weighted by atomic mass is 9.89. The SMILES string of the molecule is CCCc1c(Cc2ccc(-c3ccccc3C#N)cc2F)c(=O)n(C2CCC3(CC2)OCCO3)c2nc(C)nn12. The van der Waals surface area contributed by atoms with Crippen molar-refractivity contribution in [3.8, 4) is 17.2 Å². The Morgan fingerprint density at radius 1 is 1.15 bits per heavy atom. The molecule has 2 fully saturated rings. The Kier molecular flexibility index (Phi) is 6.99. The first-order chi connectivity index (χ1) is 19.4. The highest BCUT2D eigenvalue weighted by atomic mass is 19.1. The Bertz CT molecular complexity index is 1670. The van der Waals surface area contributed by atoms with Crippen molar-refractivity contribution in [2.75, 3.05) is 13.2 Å². The molecule has 1 saturated carbocycles. The first-order valence-electron chi connectivity index (χ1n) is 14.0. The summed E-state index contributed by atoms with van der Waals surface area (Å²) in [6.07, 6.45) is 4.40. The molecule has 0 atom stereocenters. The number of nitriles is 1. The molecule has 40 heavy (non-hydrogen) atoms. The minimum atomic E-state index is -0.542. The topological polar surface area (TPSA) is 94.4 Å². The summed E-state index contributed by atoms with van der Waals surface area (Å²) < 4.78 is 31.0. The van der Waals surface area contributed by atoms with Gasteiger partial charge in [-0.3, -0.25) is 9.36 Å². The smallest absolute Gasteiger partial charge is 0.259 e. The summed E-state index contributed by atoms with van der Waals surface area (Å²) in [4.78, 5) is 18.9. The molecule has 1 saturated heterocycles. The molecule has 2 aliphatic rings. The van der Waals surface area contributed by atoms with Crippen molar-refractivity contribution in [2.45, 2.75) is 70.6 Å². The van der Waals surface area contributed by atoms with Crippen LogP contribution in [0.15, 0.2) is 47.3 Å². The molecule has 8 nitrogen and oxygen atoms in total. The van der Waals surface area contributed by atoms with Crippen LogP contribution in [-0.4, -0.2) is 38.2 Å². The zero-order valence-corrected chi connectivity index (χ0v) is 22.8. The predicted octanol–water partition coefficient (Wildman–Crippen LogP) is 5.28. The highest BCUT2D eigenvalue weighted by Gasteiger charge is 2.41. The van der Waals surface area contributed by atoms with Gasteiger partial charge in [-0.1, -0.05) is 43.7 Å². The average molecular weight is 542 g/mol. The number of ether oxygens (including phenoxy) is 2. The number of rotatable bonds is 6. The molecule has 0 radical (unpaired) electrons. The lowest BCUT2D eigenvalue weighted by molar-refractivity contribution is -0.181. The first kappa shape index (κ1) is 26.4. The van der Waals surface area contributed by atoms with E-state index in [0.717, 1.165) is 25.0 Å². The molecule has 0 amide bonds. The average Bonchev–Trinajstić information content (AvgIpc) is 3.58. The number of halogens is 1. The molecule has 206 valence electrons. The Labute approximate surface area is 232 Å². The Balaban J connectivity index is 1.42. The third kappa shape index (κ3) is 4.61. The van der Waals surface area contributed by atoms with Crippen molar-refractivity contribution in [1.29, 1.82) is 5.26 Å².